The van der Waals surface area contributed by atoms with Crippen molar-refractivity contribution in [3.63, 3.8) is 0 Å². The van der Waals surface area contributed by atoms with Crippen LogP contribution in [0.3, 0.4) is 0 Å². The maximum atomic E-state index is 2.41. The molecule has 0 fully saturated rings. The van der Waals surface area contributed by atoms with E-state index in [1.165, 1.54) is 88.0 Å². The molecule has 8 aromatic carbocycles. The van der Waals surface area contributed by atoms with E-state index in [-0.39, 0.29) is 0 Å². The summed E-state index contributed by atoms with van der Waals surface area (Å²) >= 11 is 0. The minimum atomic E-state index is 1.17. The molecule has 0 unspecified atom stereocenters. The SMILES string of the molecule is Cc1ccc(-c2ccc(-c3c4ccccc4c(-c4cccc(-n5c6ccccc6c6ccccc65)c4)c4ccccc34)cc2)cc1. The number of aryl methyl sites for hydroxylation is 1. The van der Waals surface area contributed by atoms with Crippen LogP contribution in [0.15, 0.2) is 170 Å². The van der Waals surface area contributed by atoms with Crippen molar-refractivity contribution >= 4 is 43.4 Å². The highest BCUT2D eigenvalue weighted by Crippen LogP contribution is 2.44. The van der Waals surface area contributed by atoms with Gasteiger partial charge in [0, 0.05) is 16.5 Å². The molecular formula is C45H31N. The highest BCUT2D eigenvalue weighted by Gasteiger charge is 2.18. The second kappa shape index (κ2) is 10.6. The fraction of sp³-hybridized carbons (Fsp3) is 0.0222. The zero-order chi connectivity index (χ0) is 30.6. The van der Waals surface area contributed by atoms with Gasteiger partial charge in [0.05, 0.1) is 11.0 Å². The third-order valence-electron chi connectivity index (χ3n) is 9.46. The van der Waals surface area contributed by atoms with Gasteiger partial charge in [-0.1, -0.05) is 151 Å². The Kier molecular flexibility index (Phi) is 6.11. The standard InChI is InChI=1S/C45H31N/c1-30-21-23-31(24-22-30)32-25-27-33(28-26-32)44-38-15-2-4-17-40(38)45(41-18-5-3-16-39(41)44)34-11-10-12-35(29-34)46-42-19-8-6-13-36(42)37-14-7-9-20-43(37)46/h2-29H,1H3. The molecule has 1 heterocycles. The van der Waals surface area contributed by atoms with Gasteiger partial charge in [0.2, 0.25) is 0 Å². The zero-order valence-electron chi connectivity index (χ0n) is 25.6. The molecule has 9 aromatic rings. The van der Waals surface area contributed by atoms with Crippen LogP contribution in [-0.2, 0) is 0 Å². The lowest BCUT2D eigenvalue weighted by Gasteiger charge is -2.18. The number of para-hydroxylation sites is 2. The van der Waals surface area contributed by atoms with E-state index in [1.807, 2.05) is 0 Å². The number of benzene rings is 8. The molecule has 0 spiro atoms. The van der Waals surface area contributed by atoms with Crippen LogP contribution in [0.2, 0.25) is 0 Å². The predicted octanol–water partition coefficient (Wildman–Crippen LogP) is 12.4. The minimum absolute atomic E-state index is 1.17. The average molecular weight is 586 g/mol. The van der Waals surface area contributed by atoms with Crippen molar-refractivity contribution in [1.82, 2.24) is 4.57 Å². The van der Waals surface area contributed by atoms with Gasteiger partial charge >= 0.3 is 0 Å². The van der Waals surface area contributed by atoms with Crippen molar-refractivity contribution in [1.29, 1.82) is 0 Å². The topological polar surface area (TPSA) is 4.93 Å². The highest BCUT2D eigenvalue weighted by molar-refractivity contribution is 6.21. The van der Waals surface area contributed by atoms with Gasteiger partial charge in [-0.15, -0.1) is 0 Å². The summed E-state index contributed by atoms with van der Waals surface area (Å²) in [4.78, 5) is 0. The van der Waals surface area contributed by atoms with E-state index >= 15 is 0 Å². The molecule has 46 heavy (non-hydrogen) atoms. The first-order valence-corrected chi connectivity index (χ1v) is 15.9. The summed E-state index contributed by atoms with van der Waals surface area (Å²) in [6.07, 6.45) is 0. The van der Waals surface area contributed by atoms with E-state index in [2.05, 4.69) is 181 Å². The number of nitrogens with zero attached hydrogens (tertiary/aromatic N) is 1. The number of fused-ring (bicyclic) bond motifs is 5. The Hall–Kier alpha value is -5.92. The Labute approximate surface area is 268 Å². The lowest BCUT2D eigenvalue weighted by Crippen LogP contribution is -1.95. The molecule has 0 atom stereocenters. The van der Waals surface area contributed by atoms with Crippen LogP contribution >= 0.6 is 0 Å². The molecule has 1 nitrogen and oxygen atoms in total. The summed E-state index contributed by atoms with van der Waals surface area (Å²) in [6.45, 7) is 2.13. The van der Waals surface area contributed by atoms with Gasteiger partial charge in [0.25, 0.3) is 0 Å². The highest BCUT2D eigenvalue weighted by atomic mass is 15.0. The van der Waals surface area contributed by atoms with Gasteiger partial charge in [-0.3, -0.25) is 0 Å². The van der Waals surface area contributed by atoms with E-state index in [1.54, 1.807) is 0 Å². The van der Waals surface area contributed by atoms with Crippen LogP contribution in [-0.4, -0.2) is 4.57 Å². The normalized spacial score (nSPS) is 11.6. The number of hydrogen-bond acceptors (Lipinski definition) is 0. The lowest BCUT2D eigenvalue weighted by molar-refractivity contribution is 1.18. The summed E-state index contributed by atoms with van der Waals surface area (Å²) < 4.78 is 2.41. The van der Waals surface area contributed by atoms with Crippen molar-refractivity contribution in [2.45, 2.75) is 6.92 Å². The molecule has 0 saturated carbocycles. The summed E-state index contributed by atoms with van der Waals surface area (Å²) in [5.74, 6) is 0. The fourth-order valence-electron chi connectivity index (χ4n) is 7.33. The van der Waals surface area contributed by atoms with E-state index in [4.69, 9.17) is 0 Å². The zero-order valence-corrected chi connectivity index (χ0v) is 25.6. The van der Waals surface area contributed by atoms with E-state index < -0.39 is 0 Å². The van der Waals surface area contributed by atoms with Crippen molar-refractivity contribution < 1.29 is 0 Å². The largest absolute Gasteiger partial charge is 0.309 e. The summed E-state index contributed by atoms with van der Waals surface area (Å²) in [7, 11) is 0. The average Bonchev–Trinajstić information content (AvgIpc) is 3.45. The third kappa shape index (κ3) is 4.17. The first-order valence-electron chi connectivity index (χ1n) is 15.9. The molecule has 216 valence electrons. The molecular weight excluding hydrogens is 555 g/mol. The summed E-state index contributed by atoms with van der Waals surface area (Å²) in [5.41, 5.74) is 12.4. The molecule has 0 radical (unpaired) electrons. The van der Waals surface area contributed by atoms with Gasteiger partial charge in [-0.2, -0.15) is 0 Å². The van der Waals surface area contributed by atoms with Crippen molar-refractivity contribution in [3.8, 4) is 39.1 Å². The molecule has 1 heteroatoms. The van der Waals surface area contributed by atoms with Gasteiger partial charge in [-0.05, 0) is 86.1 Å². The Bertz CT molecular complexity index is 2460. The van der Waals surface area contributed by atoms with Gasteiger partial charge in [0.15, 0.2) is 0 Å². The van der Waals surface area contributed by atoms with E-state index in [9.17, 15) is 0 Å². The number of rotatable bonds is 4. The molecule has 0 aliphatic rings. The van der Waals surface area contributed by atoms with Crippen LogP contribution in [0, 0.1) is 6.92 Å². The smallest absolute Gasteiger partial charge is 0.0541 e. The van der Waals surface area contributed by atoms with Crippen molar-refractivity contribution in [2.75, 3.05) is 0 Å². The molecule has 0 saturated heterocycles. The van der Waals surface area contributed by atoms with Crippen molar-refractivity contribution in [2.24, 2.45) is 0 Å². The molecule has 0 aliphatic carbocycles. The Morgan fingerprint density at radius 1 is 0.326 bits per heavy atom. The molecule has 9 rings (SSSR count). The van der Waals surface area contributed by atoms with Gasteiger partial charge in [-0.25, -0.2) is 0 Å². The van der Waals surface area contributed by atoms with Gasteiger partial charge in [0.1, 0.15) is 0 Å². The van der Waals surface area contributed by atoms with Crippen LogP contribution in [0.4, 0.5) is 0 Å². The molecule has 0 bridgehead atoms. The fourth-order valence-corrected chi connectivity index (χ4v) is 7.33. The second-order valence-corrected chi connectivity index (χ2v) is 12.2. The first kappa shape index (κ1) is 26.5. The number of hydrogen-bond donors (Lipinski definition) is 0. The molecule has 0 aliphatic heterocycles. The summed E-state index contributed by atoms with van der Waals surface area (Å²) in [6, 6.07) is 62.2. The molecule has 0 amide bonds. The van der Waals surface area contributed by atoms with Gasteiger partial charge < -0.3 is 4.57 Å². The number of aromatic nitrogens is 1. The van der Waals surface area contributed by atoms with Crippen LogP contribution in [0.1, 0.15) is 5.56 Å². The molecule has 1 aromatic heterocycles. The Balaban J connectivity index is 1.26. The first-order chi connectivity index (χ1) is 22.7. The monoisotopic (exact) mass is 585 g/mol. The summed E-state index contributed by atoms with van der Waals surface area (Å²) in [5, 5.41) is 7.61. The lowest BCUT2D eigenvalue weighted by atomic mass is 9.85. The van der Waals surface area contributed by atoms with E-state index in [0.717, 1.165) is 0 Å². The van der Waals surface area contributed by atoms with Crippen molar-refractivity contribution in [3.05, 3.63) is 175 Å². The second-order valence-electron chi connectivity index (χ2n) is 12.2. The minimum Gasteiger partial charge on any atom is -0.309 e. The van der Waals surface area contributed by atoms with Crippen LogP contribution in [0.5, 0.6) is 0 Å². The quantitative estimate of drug-likeness (QED) is 0.181. The third-order valence-corrected chi connectivity index (χ3v) is 9.46. The maximum absolute atomic E-state index is 2.41. The van der Waals surface area contributed by atoms with Crippen LogP contribution < -0.4 is 0 Å². The Morgan fingerprint density at radius 3 is 1.26 bits per heavy atom. The van der Waals surface area contributed by atoms with E-state index in [0.29, 0.717) is 0 Å². The Morgan fingerprint density at radius 2 is 0.739 bits per heavy atom. The van der Waals surface area contributed by atoms with Crippen LogP contribution in [0.25, 0.3) is 82.4 Å². The molecule has 0 N–H and O–H groups in total. The maximum Gasteiger partial charge on any atom is 0.0541 e. The predicted molar refractivity (Wildman–Crippen MR) is 197 cm³/mol.